The lowest BCUT2D eigenvalue weighted by Gasteiger charge is -2.20. The third kappa shape index (κ3) is 5.46. The van der Waals surface area contributed by atoms with Gasteiger partial charge in [0, 0.05) is 17.5 Å². The van der Waals surface area contributed by atoms with E-state index in [9.17, 15) is 13.5 Å². The SMILES string of the molecule is C[C@H]1Cc2cc(Cl)ccc2[C@H]1Nc1cc(O[C@@H]2C[C@@H](CCS(N)(=O)=O)[C@@H](O)C2)ncn1. The molecule has 2 aliphatic carbocycles. The Morgan fingerprint density at radius 1 is 1.29 bits per heavy atom. The number of halogens is 1. The second-order valence-electron chi connectivity index (χ2n) is 8.58. The number of nitrogens with one attached hydrogen (secondary N) is 1. The Kier molecular flexibility index (Phi) is 6.39. The largest absolute Gasteiger partial charge is 0.474 e. The van der Waals surface area contributed by atoms with E-state index >= 15 is 0 Å². The highest BCUT2D eigenvalue weighted by Gasteiger charge is 2.35. The Labute approximate surface area is 187 Å². The van der Waals surface area contributed by atoms with Crippen LogP contribution in [0.2, 0.25) is 5.02 Å². The van der Waals surface area contributed by atoms with Crippen molar-refractivity contribution in [2.24, 2.45) is 17.0 Å². The molecule has 2 aromatic rings. The van der Waals surface area contributed by atoms with Crippen LogP contribution in [0.1, 0.15) is 43.4 Å². The van der Waals surface area contributed by atoms with Gasteiger partial charge in [-0.1, -0.05) is 24.6 Å². The summed E-state index contributed by atoms with van der Waals surface area (Å²) in [6.07, 6.45) is 2.84. The van der Waals surface area contributed by atoms with E-state index in [0.717, 1.165) is 11.4 Å². The van der Waals surface area contributed by atoms with E-state index in [-0.39, 0.29) is 23.8 Å². The van der Waals surface area contributed by atoms with Crippen molar-refractivity contribution in [3.05, 3.63) is 46.7 Å². The second-order valence-corrected chi connectivity index (χ2v) is 10.8. The highest BCUT2D eigenvalue weighted by molar-refractivity contribution is 7.89. The summed E-state index contributed by atoms with van der Waals surface area (Å²) in [6, 6.07) is 7.84. The van der Waals surface area contributed by atoms with Crippen molar-refractivity contribution in [2.75, 3.05) is 11.1 Å². The maximum atomic E-state index is 11.2. The van der Waals surface area contributed by atoms with Crippen molar-refractivity contribution in [2.45, 2.75) is 50.9 Å². The third-order valence-electron chi connectivity index (χ3n) is 6.17. The average Bonchev–Trinajstić information content (AvgIpc) is 3.18. The van der Waals surface area contributed by atoms with Crippen molar-refractivity contribution < 1.29 is 18.3 Å². The standard InChI is InChI=1S/C21H27ClN4O4S/c1-12-6-14-7-15(22)2-3-17(14)21(12)26-19-10-20(25-11-24-19)30-16-8-13(18(27)9-16)4-5-31(23,28)29/h2-3,7,10-13,16,18,21,27H,4-6,8-9H2,1H3,(H2,23,28,29)(H,24,25,26)/t12-,13+,16+,18-,21-/m0/s1. The van der Waals surface area contributed by atoms with Crippen molar-refractivity contribution >= 4 is 27.4 Å². The molecule has 0 unspecified atom stereocenters. The van der Waals surface area contributed by atoms with Crippen molar-refractivity contribution in [3.8, 4) is 5.88 Å². The molecule has 2 aliphatic rings. The molecular weight excluding hydrogens is 440 g/mol. The Bertz CT molecular complexity index is 1050. The molecular formula is C21H27ClN4O4S. The van der Waals surface area contributed by atoms with E-state index in [2.05, 4.69) is 28.3 Å². The number of sulfonamides is 1. The molecule has 0 spiro atoms. The Hall–Kier alpha value is -1.94. The fourth-order valence-corrected chi connectivity index (χ4v) is 5.46. The van der Waals surface area contributed by atoms with E-state index < -0.39 is 16.1 Å². The number of aliphatic hydroxyl groups is 1. The number of nitrogens with zero attached hydrogens (tertiary/aromatic N) is 2. The summed E-state index contributed by atoms with van der Waals surface area (Å²) in [5.74, 6) is 1.16. The van der Waals surface area contributed by atoms with E-state index in [1.807, 2.05) is 12.1 Å². The van der Waals surface area contributed by atoms with Crippen LogP contribution in [0.4, 0.5) is 5.82 Å². The van der Waals surface area contributed by atoms with E-state index in [1.165, 1.54) is 17.5 Å². The van der Waals surface area contributed by atoms with Crippen LogP contribution < -0.4 is 15.2 Å². The molecule has 8 nitrogen and oxygen atoms in total. The number of aromatic nitrogens is 2. The van der Waals surface area contributed by atoms with Crippen molar-refractivity contribution in [1.29, 1.82) is 0 Å². The molecule has 1 fully saturated rings. The van der Waals surface area contributed by atoms with Gasteiger partial charge in [-0.25, -0.2) is 23.5 Å². The van der Waals surface area contributed by atoms with Crippen molar-refractivity contribution in [1.82, 2.24) is 9.97 Å². The third-order valence-corrected chi connectivity index (χ3v) is 7.21. The Morgan fingerprint density at radius 3 is 2.87 bits per heavy atom. The van der Waals surface area contributed by atoms with Crippen LogP contribution in [0.15, 0.2) is 30.6 Å². The van der Waals surface area contributed by atoms with E-state index in [4.69, 9.17) is 21.5 Å². The highest BCUT2D eigenvalue weighted by Crippen LogP contribution is 2.39. The number of fused-ring (bicyclic) bond motifs is 1. The molecule has 10 heteroatoms. The number of hydrogen-bond acceptors (Lipinski definition) is 7. The van der Waals surface area contributed by atoms with Crippen LogP contribution in [-0.4, -0.2) is 41.5 Å². The van der Waals surface area contributed by atoms with Crippen molar-refractivity contribution in [3.63, 3.8) is 0 Å². The number of ether oxygens (including phenoxy) is 1. The summed E-state index contributed by atoms with van der Waals surface area (Å²) in [5, 5.41) is 19.5. The van der Waals surface area contributed by atoms with Crippen LogP contribution in [0.5, 0.6) is 5.88 Å². The van der Waals surface area contributed by atoms with Gasteiger partial charge in [0.15, 0.2) is 0 Å². The maximum Gasteiger partial charge on any atom is 0.218 e. The molecule has 1 saturated carbocycles. The van der Waals surface area contributed by atoms with Gasteiger partial charge in [0.2, 0.25) is 15.9 Å². The van der Waals surface area contributed by atoms with Gasteiger partial charge < -0.3 is 15.2 Å². The summed E-state index contributed by atoms with van der Waals surface area (Å²) in [6.45, 7) is 2.19. The fraction of sp³-hybridized carbons (Fsp3) is 0.524. The van der Waals surface area contributed by atoms with Crippen LogP contribution >= 0.6 is 11.6 Å². The molecule has 5 atom stereocenters. The first-order valence-electron chi connectivity index (χ1n) is 10.4. The van der Waals surface area contributed by atoms with E-state index in [1.54, 1.807) is 6.07 Å². The molecule has 0 aliphatic heterocycles. The van der Waals surface area contributed by atoms with Gasteiger partial charge in [-0.3, -0.25) is 0 Å². The van der Waals surface area contributed by atoms with Crippen LogP contribution in [-0.2, 0) is 16.4 Å². The minimum atomic E-state index is -3.54. The Balaban J connectivity index is 1.39. The van der Waals surface area contributed by atoms with Gasteiger partial charge in [0.1, 0.15) is 18.2 Å². The topological polar surface area (TPSA) is 127 Å². The van der Waals surface area contributed by atoms with Gasteiger partial charge in [-0.05, 0) is 54.4 Å². The summed E-state index contributed by atoms with van der Waals surface area (Å²) < 4.78 is 28.4. The molecule has 0 bridgehead atoms. The number of hydrogen-bond donors (Lipinski definition) is 3. The zero-order chi connectivity index (χ0) is 22.2. The molecule has 1 aromatic carbocycles. The van der Waals surface area contributed by atoms with Gasteiger partial charge in [0.25, 0.3) is 0 Å². The number of rotatable bonds is 7. The van der Waals surface area contributed by atoms with Crippen LogP contribution in [0, 0.1) is 11.8 Å². The minimum absolute atomic E-state index is 0.117. The zero-order valence-corrected chi connectivity index (χ0v) is 18.8. The first-order valence-corrected chi connectivity index (χ1v) is 12.5. The molecule has 0 saturated heterocycles. The normalized spacial score (nSPS) is 27.8. The Morgan fingerprint density at radius 2 is 2.10 bits per heavy atom. The van der Waals surface area contributed by atoms with Crippen LogP contribution in [0.25, 0.3) is 0 Å². The predicted molar refractivity (Wildman–Crippen MR) is 118 cm³/mol. The molecule has 1 heterocycles. The highest BCUT2D eigenvalue weighted by atomic mass is 35.5. The molecule has 1 aromatic heterocycles. The monoisotopic (exact) mass is 466 g/mol. The van der Waals surface area contributed by atoms with Gasteiger partial charge in [0.05, 0.1) is 17.9 Å². The second kappa shape index (κ2) is 8.90. The predicted octanol–water partition coefficient (Wildman–Crippen LogP) is 2.67. The number of nitrogens with two attached hydrogens (primary N) is 1. The summed E-state index contributed by atoms with van der Waals surface area (Å²) in [7, 11) is -3.54. The van der Waals surface area contributed by atoms with Gasteiger partial charge >= 0.3 is 0 Å². The number of aliphatic hydroxyl groups excluding tert-OH is 1. The molecule has 4 rings (SSSR count). The first-order chi connectivity index (χ1) is 14.7. The fourth-order valence-electron chi connectivity index (χ4n) is 4.63. The molecule has 31 heavy (non-hydrogen) atoms. The first kappa shape index (κ1) is 22.3. The lowest BCUT2D eigenvalue weighted by molar-refractivity contribution is 0.122. The summed E-state index contributed by atoms with van der Waals surface area (Å²) >= 11 is 6.13. The number of benzene rings is 1. The lowest BCUT2D eigenvalue weighted by atomic mass is 10.0. The lowest BCUT2D eigenvalue weighted by Crippen LogP contribution is -2.22. The molecule has 0 amide bonds. The van der Waals surface area contributed by atoms with Gasteiger partial charge in [-0.2, -0.15) is 0 Å². The molecule has 168 valence electrons. The molecule has 0 radical (unpaired) electrons. The van der Waals surface area contributed by atoms with Crippen LogP contribution in [0.3, 0.4) is 0 Å². The maximum absolute atomic E-state index is 11.2. The smallest absolute Gasteiger partial charge is 0.218 e. The number of primary sulfonamides is 1. The van der Waals surface area contributed by atoms with E-state index in [0.29, 0.717) is 36.9 Å². The summed E-state index contributed by atoms with van der Waals surface area (Å²) in [4.78, 5) is 8.53. The molecule has 4 N–H and O–H groups in total. The minimum Gasteiger partial charge on any atom is -0.474 e. The average molecular weight is 467 g/mol. The number of anilines is 1. The summed E-state index contributed by atoms with van der Waals surface area (Å²) in [5.41, 5.74) is 2.46. The quantitative estimate of drug-likeness (QED) is 0.572. The van der Waals surface area contributed by atoms with Gasteiger partial charge in [-0.15, -0.1) is 0 Å². The zero-order valence-electron chi connectivity index (χ0n) is 17.2.